The Hall–Kier alpha value is -2.41. The molecule has 4 rings (SSSR count). The van der Waals surface area contributed by atoms with Gasteiger partial charge in [0.1, 0.15) is 0 Å². The van der Waals surface area contributed by atoms with E-state index in [1.54, 1.807) is 6.34 Å². The molecule has 0 spiro atoms. The minimum absolute atomic E-state index is 0.137. The third-order valence-corrected chi connectivity index (χ3v) is 5.17. The normalized spacial score (nSPS) is 21.6. The number of carbonyl (C=O) groups is 1. The number of alkyl halides is 3. The highest BCUT2D eigenvalue weighted by Gasteiger charge is 2.38. The maximum absolute atomic E-state index is 13.0. The summed E-state index contributed by atoms with van der Waals surface area (Å²) in [5, 5.41) is -0.566. The molecule has 0 fully saturated rings. The minimum atomic E-state index is -4.61. The summed E-state index contributed by atoms with van der Waals surface area (Å²) in [6, 6.07) is 3.38. The number of fused-ring (bicyclic) bond motifs is 4. The first-order valence-electron chi connectivity index (χ1n) is 7.95. The third kappa shape index (κ3) is 2.58. The Morgan fingerprint density at radius 2 is 2.08 bits per heavy atom. The van der Waals surface area contributed by atoms with Gasteiger partial charge in [-0.25, -0.2) is 4.99 Å². The molecule has 0 N–H and O–H groups in total. The molecule has 2 bridgehead atoms. The molecule has 0 aliphatic carbocycles. The Bertz CT molecular complexity index is 943. The molecule has 3 aliphatic rings. The summed E-state index contributed by atoms with van der Waals surface area (Å²) in [5.41, 5.74) is 2.42. The number of ketones is 1. The number of rotatable bonds is 2. The van der Waals surface area contributed by atoms with Crippen LogP contribution in [0.3, 0.4) is 0 Å². The van der Waals surface area contributed by atoms with Crippen molar-refractivity contribution in [3.63, 3.8) is 0 Å². The highest BCUT2D eigenvalue weighted by Crippen LogP contribution is 2.40. The first-order valence-corrected chi connectivity index (χ1v) is 8.33. The predicted octanol–water partition coefficient (Wildman–Crippen LogP) is 4.48. The molecule has 0 amide bonds. The van der Waals surface area contributed by atoms with Crippen LogP contribution in [0, 0.1) is 5.92 Å². The van der Waals surface area contributed by atoms with Crippen molar-refractivity contribution >= 4 is 29.9 Å². The fourth-order valence-corrected chi connectivity index (χ4v) is 3.70. The van der Waals surface area contributed by atoms with E-state index in [1.165, 1.54) is 18.3 Å². The summed E-state index contributed by atoms with van der Waals surface area (Å²) >= 11 is 5.89. The molecule has 134 valence electrons. The fourth-order valence-electron chi connectivity index (χ4n) is 3.37. The zero-order valence-electron chi connectivity index (χ0n) is 13.6. The molecule has 1 atom stereocenters. The minimum Gasteiger partial charge on any atom is -0.329 e. The number of aliphatic imine (C=N–C) groups is 2. The van der Waals surface area contributed by atoms with Crippen LogP contribution in [0.15, 0.2) is 50.8 Å². The number of nitrogens with zero attached hydrogens (tertiary/aromatic N) is 3. The zero-order valence-corrected chi connectivity index (χ0v) is 14.4. The summed E-state index contributed by atoms with van der Waals surface area (Å²) in [6.45, 7) is 2.55. The SMILES string of the molecule is CC1=C2CN(C=N1)C1=C2N=CC(C(=O)c2cccc(C(F)(F)F)c2Cl)C1. The number of hydrogen-bond acceptors (Lipinski definition) is 4. The van der Waals surface area contributed by atoms with Gasteiger partial charge in [0.05, 0.1) is 35.1 Å². The lowest BCUT2D eigenvalue weighted by Gasteiger charge is -2.22. The summed E-state index contributed by atoms with van der Waals surface area (Å²) in [5.74, 6) is -1.13. The van der Waals surface area contributed by atoms with Crippen LogP contribution in [0.4, 0.5) is 13.2 Å². The second kappa shape index (κ2) is 5.81. The molecule has 0 saturated carbocycles. The highest BCUT2D eigenvalue weighted by molar-refractivity contribution is 6.35. The Kier molecular flexibility index (Phi) is 3.80. The summed E-state index contributed by atoms with van der Waals surface area (Å²) in [4.78, 5) is 23.4. The van der Waals surface area contributed by atoms with Crippen molar-refractivity contribution in [2.24, 2.45) is 15.9 Å². The first-order chi connectivity index (χ1) is 12.3. The van der Waals surface area contributed by atoms with Crippen LogP contribution in [-0.2, 0) is 6.18 Å². The van der Waals surface area contributed by atoms with Gasteiger partial charge in [-0.1, -0.05) is 17.7 Å². The van der Waals surface area contributed by atoms with Gasteiger partial charge in [-0.2, -0.15) is 13.2 Å². The Morgan fingerprint density at radius 3 is 2.81 bits per heavy atom. The molecule has 1 aromatic rings. The molecule has 26 heavy (non-hydrogen) atoms. The first kappa shape index (κ1) is 17.0. The molecule has 0 radical (unpaired) electrons. The summed E-state index contributed by atoms with van der Waals surface area (Å²) in [7, 11) is 0. The number of hydrogen-bond donors (Lipinski definition) is 0. The van der Waals surface area contributed by atoms with Gasteiger partial charge in [-0.3, -0.25) is 9.79 Å². The van der Waals surface area contributed by atoms with Gasteiger partial charge < -0.3 is 4.90 Å². The van der Waals surface area contributed by atoms with E-state index in [4.69, 9.17) is 11.6 Å². The van der Waals surface area contributed by atoms with Crippen LogP contribution >= 0.6 is 11.6 Å². The van der Waals surface area contributed by atoms with E-state index in [0.29, 0.717) is 13.0 Å². The predicted molar refractivity (Wildman–Crippen MR) is 92.3 cm³/mol. The van der Waals surface area contributed by atoms with Crippen molar-refractivity contribution in [2.75, 3.05) is 6.54 Å². The van der Waals surface area contributed by atoms with Gasteiger partial charge in [0.2, 0.25) is 0 Å². The monoisotopic (exact) mass is 379 g/mol. The molecule has 3 aliphatic heterocycles. The van der Waals surface area contributed by atoms with E-state index < -0.39 is 28.5 Å². The van der Waals surface area contributed by atoms with Crippen LogP contribution in [0.5, 0.6) is 0 Å². The van der Waals surface area contributed by atoms with Crippen molar-refractivity contribution in [1.82, 2.24) is 4.90 Å². The Labute approximate surface area is 152 Å². The van der Waals surface area contributed by atoms with Gasteiger partial charge >= 0.3 is 6.18 Å². The second-order valence-corrected chi connectivity index (χ2v) is 6.73. The van der Waals surface area contributed by atoms with Gasteiger partial charge in [-0.05, 0) is 19.1 Å². The molecule has 3 heterocycles. The molecule has 1 unspecified atom stereocenters. The van der Waals surface area contributed by atoms with Gasteiger partial charge in [0.15, 0.2) is 5.78 Å². The van der Waals surface area contributed by atoms with Crippen LogP contribution in [0.2, 0.25) is 5.02 Å². The zero-order chi connectivity index (χ0) is 18.6. The average molecular weight is 380 g/mol. The number of benzene rings is 1. The summed E-state index contributed by atoms with van der Waals surface area (Å²) in [6.07, 6.45) is -1.06. The molecular weight excluding hydrogens is 367 g/mol. The van der Waals surface area contributed by atoms with Gasteiger partial charge in [-0.15, -0.1) is 0 Å². The quantitative estimate of drug-likeness (QED) is 0.711. The van der Waals surface area contributed by atoms with Gasteiger partial charge in [0, 0.05) is 35.2 Å². The average Bonchev–Trinajstić information content (AvgIpc) is 2.90. The van der Waals surface area contributed by atoms with E-state index >= 15 is 0 Å². The van der Waals surface area contributed by atoms with Crippen LogP contribution in [0.25, 0.3) is 0 Å². The molecule has 0 aromatic heterocycles. The second-order valence-electron chi connectivity index (χ2n) is 6.35. The molecular formula is C18H13ClF3N3O. The number of carbonyl (C=O) groups excluding carboxylic acids is 1. The Morgan fingerprint density at radius 1 is 1.31 bits per heavy atom. The Balaban J connectivity index is 1.65. The highest BCUT2D eigenvalue weighted by atomic mass is 35.5. The van der Waals surface area contributed by atoms with E-state index in [9.17, 15) is 18.0 Å². The third-order valence-electron chi connectivity index (χ3n) is 4.77. The lowest BCUT2D eigenvalue weighted by molar-refractivity contribution is -0.137. The number of allylic oxidation sites excluding steroid dienone is 2. The molecule has 0 saturated heterocycles. The van der Waals surface area contributed by atoms with E-state index in [2.05, 4.69) is 9.98 Å². The molecule has 4 nitrogen and oxygen atoms in total. The van der Waals surface area contributed by atoms with Gasteiger partial charge in [0.25, 0.3) is 0 Å². The standard InChI is InChI=1S/C18H13ClF3N3O/c1-9-12-7-25(8-24-9)14-5-10(6-23-16(12)14)17(26)11-3-2-4-13(15(11)19)18(20,21)22/h2-4,6,8,10H,5,7H2,1H3. The van der Waals surface area contributed by atoms with Crippen molar-refractivity contribution in [3.8, 4) is 0 Å². The smallest absolute Gasteiger partial charge is 0.329 e. The van der Waals surface area contributed by atoms with Crippen molar-refractivity contribution in [3.05, 3.63) is 57.0 Å². The van der Waals surface area contributed by atoms with E-state index in [-0.39, 0.29) is 5.56 Å². The number of Topliss-reactive ketones (excluding diaryl/α,β-unsaturated/α-hetero) is 1. The van der Waals surface area contributed by atoms with E-state index in [0.717, 1.165) is 28.7 Å². The molecule has 8 heteroatoms. The maximum atomic E-state index is 13.0. The topological polar surface area (TPSA) is 45.0 Å². The lowest BCUT2D eigenvalue weighted by Crippen LogP contribution is -2.26. The maximum Gasteiger partial charge on any atom is 0.417 e. The van der Waals surface area contributed by atoms with Crippen LogP contribution in [-0.4, -0.2) is 29.8 Å². The van der Waals surface area contributed by atoms with Crippen LogP contribution < -0.4 is 0 Å². The lowest BCUT2D eigenvalue weighted by atomic mass is 9.91. The van der Waals surface area contributed by atoms with Crippen molar-refractivity contribution < 1.29 is 18.0 Å². The molecule has 1 aromatic carbocycles. The fraction of sp³-hybridized carbons (Fsp3) is 0.278. The summed E-state index contributed by atoms with van der Waals surface area (Å²) < 4.78 is 39.1. The van der Waals surface area contributed by atoms with Crippen molar-refractivity contribution in [1.29, 1.82) is 0 Å². The van der Waals surface area contributed by atoms with E-state index in [1.807, 2.05) is 11.8 Å². The van der Waals surface area contributed by atoms with Crippen molar-refractivity contribution in [2.45, 2.75) is 19.5 Å². The van der Waals surface area contributed by atoms with Crippen LogP contribution in [0.1, 0.15) is 29.3 Å². The largest absolute Gasteiger partial charge is 0.417 e. The number of halogens is 4.